The number of halogens is 1. The molecule has 0 spiro atoms. The molecule has 3 rings (SSSR count). The SMILES string of the molecule is Cl.N=C(N)NCC1CCOc2cc(S(=O)(=O)c3ccccc3)ccc21. The van der Waals surface area contributed by atoms with E-state index in [4.69, 9.17) is 15.9 Å². The first-order valence-electron chi connectivity index (χ1n) is 7.63. The van der Waals surface area contributed by atoms with E-state index in [-0.39, 0.29) is 34.1 Å². The first-order valence-corrected chi connectivity index (χ1v) is 9.11. The first-order chi connectivity index (χ1) is 11.5. The molecule has 0 fully saturated rings. The molecule has 0 bridgehead atoms. The lowest BCUT2D eigenvalue weighted by Gasteiger charge is -2.26. The molecule has 25 heavy (non-hydrogen) atoms. The lowest BCUT2D eigenvalue weighted by Crippen LogP contribution is -2.35. The molecule has 0 saturated carbocycles. The Kier molecular flexibility index (Phi) is 5.92. The van der Waals surface area contributed by atoms with E-state index in [0.29, 0.717) is 18.9 Å². The second kappa shape index (κ2) is 7.76. The van der Waals surface area contributed by atoms with Crippen molar-refractivity contribution in [1.29, 1.82) is 5.41 Å². The van der Waals surface area contributed by atoms with Crippen LogP contribution in [0.25, 0.3) is 0 Å². The summed E-state index contributed by atoms with van der Waals surface area (Å²) in [5.74, 6) is 0.631. The molecule has 0 saturated heterocycles. The minimum atomic E-state index is -3.57. The van der Waals surface area contributed by atoms with Crippen LogP contribution in [-0.2, 0) is 9.84 Å². The topological polar surface area (TPSA) is 105 Å². The van der Waals surface area contributed by atoms with E-state index < -0.39 is 9.84 Å². The molecule has 2 aromatic carbocycles. The third-order valence-electron chi connectivity index (χ3n) is 4.05. The van der Waals surface area contributed by atoms with Gasteiger partial charge in [-0.3, -0.25) is 5.41 Å². The van der Waals surface area contributed by atoms with Crippen molar-refractivity contribution >= 4 is 28.2 Å². The quantitative estimate of drug-likeness (QED) is 0.556. The zero-order valence-electron chi connectivity index (χ0n) is 13.4. The van der Waals surface area contributed by atoms with Crippen molar-refractivity contribution in [2.45, 2.75) is 22.1 Å². The number of ether oxygens (including phenoxy) is 1. The van der Waals surface area contributed by atoms with Crippen LogP contribution in [0.15, 0.2) is 58.3 Å². The molecule has 8 heteroatoms. The molecule has 2 aromatic rings. The van der Waals surface area contributed by atoms with Gasteiger partial charge in [0, 0.05) is 12.5 Å². The third kappa shape index (κ3) is 4.05. The standard InChI is InChI=1S/C17H19N3O3S.ClH/c18-17(19)20-11-12-8-9-23-16-10-14(6-7-15(12)16)24(21,22)13-4-2-1-3-5-13;/h1-7,10,12H,8-9,11H2,(H4,18,19,20);1H. The highest BCUT2D eigenvalue weighted by atomic mass is 35.5. The van der Waals surface area contributed by atoms with Gasteiger partial charge in [0.2, 0.25) is 9.84 Å². The van der Waals surface area contributed by atoms with Crippen molar-refractivity contribution in [3.8, 4) is 5.75 Å². The Balaban J connectivity index is 0.00000225. The molecule has 0 aliphatic carbocycles. The van der Waals surface area contributed by atoms with E-state index in [1.165, 1.54) is 0 Å². The van der Waals surface area contributed by atoms with Crippen LogP contribution in [0.2, 0.25) is 0 Å². The number of hydrogen-bond donors (Lipinski definition) is 3. The van der Waals surface area contributed by atoms with Gasteiger partial charge >= 0.3 is 0 Å². The van der Waals surface area contributed by atoms with Crippen LogP contribution in [-0.4, -0.2) is 27.5 Å². The van der Waals surface area contributed by atoms with Crippen LogP contribution in [0.3, 0.4) is 0 Å². The predicted octanol–water partition coefficient (Wildman–Crippen LogP) is 2.29. The van der Waals surface area contributed by atoms with Crippen molar-refractivity contribution in [2.75, 3.05) is 13.2 Å². The number of hydrogen-bond acceptors (Lipinski definition) is 4. The van der Waals surface area contributed by atoms with Gasteiger partial charge in [0.15, 0.2) is 5.96 Å². The average Bonchev–Trinajstić information content (AvgIpc) is 2.60. The molecule has 0 amide bonds. The summed E-state index contributed by atoms with van der Waals surface area (Å²) in [6.07, 6.45) is 0.790. The zero-order valence-corrected chi connectivity index (χ0v) is 15.1. The molecular formula is C17H20ClN3O3S. The Morgan fingerprint density at radius 3 is 2.60 bits per heavy atom. The van der Waals surface area contributed by atoms with Crippen molar-refractivity contribution in [1.82, 2.24) is 5.32 Å². The van der Waals surface area contributed by atoms with Crippen LogP contribution in [0.1, 0.15) is 17.9 Å². The number of rotatable bonds is 4. The van der Waals surface area contributed by atoms with Gasteiger partial charge in [0.1, 0.15) is 5.75 Å². The van der Waals surface area contributed by atoms with Gasteiger partial charge in [-0.15, -0.1) is 12.4 Å². The van der Waals surface area contributed by atoms with E-state index in [2.05, 4.69) is 5.32 Å². The zero-order chi connectivity index (χ0) is 17.2. The van der Waals surface area contributed by atoms with Crippen molar-refractivity contribution < 1.29 is 13.2 Å². The second-order valence-electron chi connectivity index (χ2n) is 5.64. The Labute approximate surface area is 153 Å². The summed E-state index contributed by atoms with van der Waals surface area (Å²) < 4.78 is 31.1. The molecule has 0 aromatic heterocycles. The summed E-state index contributed by atoms with van der Waals surface area (Å²) in [4.78, 5) is 0.475. The molecule has 134 valence electrons. The maximum Gasteiger partial charge on any atom is 0.206 e. The maximum absolute atomic E-state index is 12.7. The van der Waals surface area contributed by atoms with Crippen molar-refractivity contribution in [3.05, 3.63) is 54.1 Å². The van der Waals surface area contributed by atoms with E-state index in [9.17, 15) is 8.42 Å². The number of nitrogens with two attached hydrogens (primary N) is 1. The third-order valence-corrected chi connectivity index (χ3v) is 5.82. The molecule has 6 nitrogen and oxygen atoms in total. The van der Waals surface area contributed by atoms with E-state index >= 15 is 0 Å². The summed E-state index contributed by atoms with van der Waals surface area (Å²) in [6, 6.07) is 13.3. The molecule has 1 aliphatic heterocycles. The molecule has 1 atom stereocenters. The van der Waals surface area contributed by atoms with Crippen molar-refractivity contribution in [2.24, 2.45) is 5.73 Å². The fourth-order valence-electron chi connectivity index (χ4n) is 2.79. The molecular weight excluding hydrogens is 362 g/mol. The largest absolute Gasteiger partial charge is 0.493 e. The maximum atomic E-state index is 12.7. The molecule has 1 unspecified atom stereocenters. The Morgan fingerprint density at radius 2 is 1.92 bits per heavy atom. The van der Waals surface area contributed by atoms with Crippen molar-refractivity contribution in [3.63, 3.8) is 0 Å². The van der Waals surface area contributed by atoms with Gasteiger partial charge in [-0.05, 0) is 36.2 Å². The number of fused-ring (bicyclic) bond motifs is 1. The van der Waals surface area contributed by atoms with Gasteiger partial charge in [-0.1, -0.05) is 24.3 Å². The minimum absolute atomic E-state index is 0. The fraction of sp³-hybridized carbons (Fsp3) is 0.235. The smallest absolute Gasteiger partial charge is 0.206 e. The van der Waals surface area contributed by atoms with Crippen LogP contribution >= 0.6 is 12.4 Å². The number of sulfone groups is 1. The highest BCUT2D eigenvalue weighted by Gasteiger charge is 2.25. The Hall–Kier alpha value is -2.25. The monoisotopic (exact) mass is 381 g/mol. The molecule has 4 N–H and O–H groups in total. The van der Waals surface area contributed by atoms with E-state index in [1.54, 1.807) is 48.5 Å². The highest BCUT2D eigenvalue weighted by Crippen LogP contribution is 2.36. The minimum Gasteiger partial charge on any atom is -0.493 e. The lowest BCUT2D eigenvalue weighted by molar-refractivity contribution is 0.266. The fourth-order valence-corrected chi connectivity index (χ4v) is 4.09. The lowest BCUT2D eigenvalue weighted by atomic mass is 9.93. The van der Waals surface area contributed by atoms with Gasteiger partial charge < -0.3 is 15.8 Å². The highest BCUT2D eigenvalue weighted by molar-refractivity contribution is 7.91. The molecule has 1 heterocycles. The second-order valence-corrected chi connectivity index (χ2v) is 7.59. The Bertz CT molecular complexity index is 857. The molecule has 0 radical (unpaired) electrons. The van der Waals surface area contributed by atoms with Crippen LogP contribution in [0.4, 0.5) is 0 Å². The summed E-state index contributed by atoms with van der Waals surface area (Å²) in [7, 11) is -3.57. The number of nitrogens with one attached hydrogen (secondary N) is 2. The van der Waals surface area contributed by atoms with Crippen LogP contribution in [0, 0.1) is 5.41 Å². The summed E-state index contributed by atoms with van der Waals surface area (Å²) in [6.45, 7) is 1.03. The normalized spacial score (nSPS) is 16.1. The summed E-state index contributed by atoms with van der Waals surface area (Å²) in [5.41, 5.74) is 6.27. The van der Waals surface area contributed by atoms with Crippen LogP contribution in [0.5, 0.6) is 5.75 Å². The van der Waals surface area contributed by atoms with E-state index in [0.717, 1.165) is 12.0 Å². The van der Waals surface area contributed by atoms with Gasteiger partial charge in [-0.25, -0.2) is 8.42 Å². The number of benzene rings is 2. The Morgan fingerprint density at radius 1 is 1.20 bits per heavy atom. The van der Waals surface area contributed by atoms with Gasteiger partial charge in [0.25, 0.3) is 0 Å². The summed E-state index contributed by atoms with van der Waals surface area (Å²) in [5, 5.41) is 10.1. The first kappa shape index (κ1) is 19.1. The average molecular weight is 382 g/mol. The van der Waals surface area contributed by atoms with Crippen LogP contribution < -0.4 is 15.8 Å². The van der Waals surface area contributed by atoms with Gasteiger partial charge in [-0.2, -0.15) is 0 Å². The summed E-state index contributed by atoms with van der Waals surface area (Å²) >= 11 is 0. The predicted molar refractivity (Wildman–Crippen MR) is 98.4 cm³/mol. The van der Waals surface area contributed by atoms with Gasteiger partial charge in [0.05, 0.1) is 16.4 Å². The number of guanidine groups is 1. The van der Waals surface area contributed by atoms with E-state index in [1.807, 2.05) is 0 Å². The molecule has 1 aliphatic rings.